The molecule has 12 heteroatoms. The molecule has 0 spiro atoms. The van der Waals surface area contributed by atoms with Gasteiger partial charge in [0.1, 0.15) is 41.1 Å². The Kier molecular flexibility index (Phi) is 7.77. The van der Waals surface area contributed by atoms with Crippen LogP contribution in [0.25, 0.3) is 22.3 Å². The summed E-state index contributed by atoms with van der Waals surface area (Å²) in [5.74, 6) is -2.59. The van der Waals surface area contributed by atoms with Gasteiger partial charge in [0.2, 0.25) is 5.88 Å². The Labute approximate surface area is 255 Å². The lowest BCUT2D eigenvalue weighted by Gasteiger charge is -2.28. The van der Waals surface area contributed by atoms with Crippen molar-refractivity contribution in [2.45, 2.75) is 32.9 Å². The third-order valence-electron chi connectivity index (χ3n) is 7.71. The van der Waals surface area contributed by atoms with Crippen LogP contribution in [-0.4, -0.2) is 43.8 Å². The summed E-state index contributed by atoms with van der Waals surface area (Å²) < 4.78 is 58.5. The highest BCUT2D eigenvalue weighted by atomic mass is 35.5. The van der Waals surface area contributed by atoms with Crippen molar-refractivity contribution < 1.29 is 32.5 Å². The Bertz CT molecular complexity index is 1910. The molecule has 226 valence electrons. The summed E-state index contributed by atoms with van der Waals surface area (Å²) in [5.41, 5.74) is 0.835. The number of carboxylic acids is 1. The number of carboxylic acid groups (broad SMARTS) is 1. The summed E-state index contributed by atoms with van der Waals surface area (Å²) in [6.45, 7) is 4.72. The van der Waals surface area contributed by atoms with E-state index in [0.29, 0.717) is 30.1 Å². The zero-order valence-electron chi connectivity index (χ0n) is 23.7. The van der Waals surface area contributed by atoms with Gasteiger partial charge in [-0.3, -0.25) is 0 Å². The lowest BCUT2D eigenvalue weighted by atomic mass is 9.87. The van der Waals surface area contributed by atoms with Gasteiger partial charge in [0.15, 0.2) is 0 Å². The SMILES string of the molecule is CC1(C)COCC1n1c(Cc2cc(F)c(-c3cccc(OCc4ccc(Cl)cc4F)n3)cc2F)nc2cnc(C(=O)O)cc21. The van der Waals surface area contributed by atoms with Crippen LogP contribution in [0.5, 0.6) is 5.88 Å². The highest BCUT2D eigenvalue weighted by molar-refractivity contribution is 6.30. The molecule has 2 aromatic carbocycles. The zero-order chi connectivity index (χ0) is 31.2. The van der Waals surface area contributed by atoms with Gasteiger partial charge in [-0.25, -0.2) is 32.9 Å². The fourth-order valence-corrected chi connectivity index (χ4v) is 5.50. The summed E-state index contributed by atoms with van der Waals surface area (Å²) in [6.07, 6.45) is 1.29. The fourth-order valence-electron chi connectivity index (χ4n) is 5.34. The molecule has 1 saturated heterocycles. The highest BCUT2D eigenvalue weighted by Gasteiger charge is 2.39. The van der Waals surface area contributed by atoms with Gasteiger partial charge in [-0.1, -0.05) is 37.6 Å². The number of hydrogen-bond acceptors (Lipinski definition) is 6. The average Bonchev–Trinajstić information content (AvgIpc) is 3.51. The molecule has 1 unspecified atom stereocenters. The first-order valence-electron chi connectivity index (χ1n) is 13.7. The first kappa shape index (κ1) is 29.6. The Morgan fingerprint density at radius 3 is 2.59 bits per heavy atom. The molecule has 5 aromatic rings. The third kappa shape index (κ3) is 5.72. The summed E-state index contributed by atoms with van der Waals surface area (Å²) in [7, 11) is 0. The molecule has 1 N–H and O–H groups in total. The number of ether oxygens (including phenoxy) is 2. The van der Waals surface area contributed by atoms with Crippen LogP contribution in [0.1, 0.15) is 47.3 Å². The topological polar surface area (TPSA) is 99.4 Å². The van der Waals surface area contributed by atoms with E-state index in [9.17, 15) is 14.3 Å². The number of fused-ring (bicyclic) bond motifs is 1. The number of hydrogen-bond donors (Lipinski definition) is 1. The normalized spacial score (nSPS) is 16.0. The van der Waals surface area contributed by atoms with Crippen LogP contribution in [0.4, 0.5) is 13.2 Å². The van der Waals surface area contributed by atoms with Crippen molar-refractivity contribution in [3.05, 3.63) is 106 Å². The first-order valence-corrected chi connectivity index (χ1v) is 14.1. The summed E-state index contributed by atoms with van der Waals surface area (Å²) in [4.78, 5) is 24.5. The quantitative estimate of drug-likeness (QED) is 0.198. The summed E-state index contributed by atoms with van der Waals surface area (Å²) in [5, 5.41) is 9.77. The molecular formula is C32H26ClF3N4O4. The second-order valence-electron chi connectivity index (χ2n) is 11.3. The molecule has 0 bridgehead atoms. The lowest BCUT2D eigenvalue weighted by Crippen LogP contribution is -2.27. The van der Waals surface area contributed by atoms with Crippen LogP contribution in [-0.2, 0) is 17.8 Å². The number of halogens is 4. The molecule has 3 aromatic heterocycles. The van der Waals surface area contributed by atoms with Crippen LogP contribution >= 0.6 is 11.6 Å². The van der Waals surface area contributed by atoms with Crippen molar-refractivity contribution >= 4 is 28.6 Å². The van der Waals surface area contributed by atoms with Crippen molar-refractivity contribution in [3.8, 4) is 17.1 Å². The van der Waals surface area contributed by atoms with Gasteiger partial charge in [-0.2, -0.15) is 0 Å². The second-order valence-corrected chi connectivity index (χ2v) is 11.7. The van der Waals surface area contributed by atoms with Crippen LogP contribution < -0.4 is 4.74 Å². The zero-order valence-corrected chi connectivity index (χ0v) is 24.4. The molecule has 4 heterocycles. The molecule has 0 amide bonds. The number of carbonyl (C=O) groups is 1. The number of pyridine rings is 2. The fraction of sp³-hybridized carbons (Fsp3) is 0.250. The average molecular weight is 623 g/mol. The van der Waals surface area contributed by atoms with E-state index in [1.54, 1.807) is 6.07 Å². The van der Waals surface area contributed by atoms with Crippen molar-refractivity contribution in [2.24, 2.45) is 5.41 Å². The minimum atomic E-state index is -1.19. The molecule has 8 nitrogen and oxygen atoms in total. The maximum Gasteiger partial charge on any atom is 0.354 e. The lowest BCUT2D eigenvalue weighted by molar-refractivity contribution is 0.0690. The van der Waals surface area contributed by atoms with Crippen molar-refractivity contribution in [1.29, 1.82) is 0 Å². The molecule has 6 rings (SSSR count). The number of aromatic carboxylic acids is 1. The Morgan fingerprint density at radius 1 is 1.07 bits per heavy atom. The van der Waals surface area contributed by atoms with E-state index in [-0.39, 0.29) is 63.5 Å². The van der Waals surface area contributed by atoms with Crippen LogP contribution in [0, 0.1) is 22.9 Å². The van der Waals surface area contributed by atoms with E-state index in [1.165, 1.54) is 42.6 Å². The third-order valence-corrected chi connectivity index (χ3v) is 7.94. The molecular weight excluding hydrogens is 597 g/mol. The Hall–Kier alpha value is -4.48. The number of imidazole rings is 1. The summed E-state index contributed by atoms with van der Waals surface area (Å²) >= 11 is 5.80. The number of benzene rings is 2. The first-order chi connectivity index (χ1) is 21.0. The van der Waals surface area contributed by atoms with Crippen LogP contribution in [0.15, 0.2) is 60.8 Å². The monoisotopic (exact) mass is 622 g/mol. The molecule has 0 aliphatic carbocycles. The van der Waals surface area contributed by atoms with E-state index in [1.807, 2.05) is 18.4 Å². The van der Waals surface area contributed by atoms with Gasteiger partial charge in [-0.05, 0) is 42.0 Å². The minimum Gasteiger partial charge on any atom is -0.477 e. The van der Waals surface area contributed by atoms with Gasteiger partial charge < -0.3 is 19.1 Å². The predicted octanol–water partition coefficient (Wildman–Crippen LogP) is 7.03. The predicted molar refractivity (Wildman–Crippen MR) is 156 cm³/mol. The molecule has 0 saturated carbocycles. The highest BCUT2D eigenvalue weighted by Crippen LogP contribution is 2.40. The van der Waals surface area contributed by atoms with Crippen LogP contribution in [0.2, 0.25) is 5.02 Å². The number of aromatic nitrogens is 4. The van der Waals surface area contributed by atoms with Crippen LogP contribution in [0.3, 0.4) is 0 Å². The smallest absolute Gasteiger partial charge is 0.354 e. The Morgan fingerprint density at radius 2 is 1.86 bits per heavy atom. The largest absolute Gasteiger partial charge is 0.477 e. The second kappa shape index (κ2) is 11.5. The van der Waals surface area contributed by atoms with Crippen molar-refractivity contribution in [1.82, 2.24) is 19.5 Å². The molecule has 1 fully saturated rings. The van der Waals surface area contributed by atoms with Gasteiger partial charge >= 0.3 is 5.97 Å². The van der Waals surface area contributed by atoms with E-state index in [2.05, 4.69) is 15.0 Å². The van der Waals surface area contributed by atoms with E-state index >= 15 is 8.78 Å². The maximum absolute atomic E-state index is 15.6. The van der Waals surface area contributed by atoms with Gasteiger partial charge in [0.05, 0.1) is 36.7 Å². The Balaban J connectivity index is 1.31. The molecule has 1 aliphatic rings. The van der Waals surface area contributed by atoms with Gasteiger partial charge in [0.25, 0.3) is 0 Å². The number of rotatable bonds is 8. The standard InChI is InChI=1S/C32H26ClF3N4O4/c1-32(2)16-43-15-28(32)40-27-12-25(31(41)42)37-13-26(27)38-29(40)9-18-8-23(36)20(11-22(18)35)24-4-3-5-30(39-24)44-14-17-6-7-19(33)10-21(17)34/h3-8,10-13,28H,9,14-16H2,1-2H3,(H,41,42). The van der Waals surface area contributed by atoms with Crippen molar-refractivity contribution in [2.75, 3.05) is 13.2 Å². The van der Waals surface area contributed by atoms with E-state index in [4.69, 9.17) is 21.1 Å². The van der Waals surface area contributed by atoms with E-state index in [0.717, 1.165) is 12.1 Å². The minimum absolute atomic E-state index is 0.0524. The molecule has 1 atom stereocenters. The maximum atomic E-state index is 15.6. The van der Waals surface area contributed by atoms with E-state index < -0.39 is 23.4 Å². The molecule has 44 heavy (non-hydrogen) atoms. The molecule has 0 radical (unpaired) electrons. The van der Waals surface area contributed by atoms with Crippen molar-refractivity contribution in [3.63, 3.8) is 0 Å². The molecule has 1 aliphatic heterocycles. The van der Waals surface area contributed by atoms with Gasteiger partial charge in [-0.15, -0.1) is 0 Å². The van der Waals surface area contributed by atoms with Gasteiger partial charge in [0, 0.05) is 34.1 Å². The number of nitrogens with zero attached hydrogens (tertiary/aromatic N) is 4. The summed E-state index contributed by atoms with van der Waals surface area (Å²) in [6, 6.07) is 12.2.